The van der Waals surface area contributed by atoms with Crippen molar-refractivity contribution in [1.82, 2.24) is 0 Å². The number of hydrogen-bond acceptors (Lipinski definition) is 2. The lowest BCUT2D eigenvalue weighted by atomic mass is 9.89. The highest BCUT2D eigenvalue weighted by molar-refractivity contribution is 5.46. The van der Waals surface area contributed by atoms with Crippen molar-refractivity contribution in [1.29, 1.82) is 0 Å². The fraction of sp³-hybridized carbons (Fsp3) is 0.733. The van der Waals surface area contributed by atoms with E-state index in [4.69, 9.17) is 9.47 Å². The third kappa shape index (κ3) is 2.21. The van der Waals surface area contributed by atoms with Gasteiger partial charge in [0.25, 0.3) is 0 Å². The summed E-state index contributed by atoms with van der Waals surface area (Å²) in [4.78, 5) is 0. The summed E-state index contributed by atoms with van der Waals surface area (Å²) in [5.74, 6) is -0.280. The van der Waals surface area contributed by atoms with Crippen LogP contribution in [0.1, 0.15) is 53.4 Å². The van der Waals surface area contributed by atoms with Gasteiger partial charge < -0.3 is 9.47 Å². The van der Waals surface area contributed by atoms with E-state index in [1.807, 2.05) is 13.8 Å². The molecule has 3 aliphatic rings. The Bertz CT molecular complexity index is 327. The highest BCUT2D eigenvalue weighted by Crippen LogP contribution is 2.49. The molecule has 0 aromatic heterocycles. The molecule has 2 aliphatic carbocycles. The van der Waals surface area contributed by atoms with E-state index in [2.05, 4.69) is 13.8 Å². The molecule has 1 heterocycles. The van der Waals surface area contributed by atoms with Crippen LogP contribution < -0.4 is 0 Å². The maximum Gasteiger partial charge on any atom is 0.176 e. The second-order valence-electron chi connectivity index (χ2n) is 4.98. The van der Waals surface area contributed by atoms with Crippen LogP contribution in [-0.4, -0.2) is 19.0 Å². The van der Waals surface area contributed by atoms with Gasteiger partial charge in [0, 0.05) is 12.8 Å². The predicted octanol–water partition coefficient (Wildman–Crippen LogP) is 3.98. The van der Waals surface area contributed by atoms with Crippen LogP contribution in [0.3, 0.4) is 0 Å². The third-order valence-electron chi connectivity index (χ3n) is 3.98. The molecule has 0 unspecified atom stereocenters. The van der Waals surface area contributed by atoms with E-state index in [0.29, 0.717) is 0 Å². The van der Waals surface area contributed by atoms with E-state index >= 15 is 0 Å². The molecule has 2 fully saturated rings. The molecule has 0 amide bonds. The van der Waals surface area contributed by atoms with Crippen LogP contribution >= 0.6 is 0 Å². The monoisotopic (exact) mass is 236 g/mol. The van der Waals surface area contributed by atoms with Crippen molar-refractivity contribution >= 4 is 0 Å². The van der Waals surface area contributed by atoms with Crippen LogP contribution in [0, 0.1) is 0 Å². The second kappa shape index (κ2) is 4.95. The molecule has 0 aromatic rings. The van der Waals surface area contributed by atoms with Crippen molar-refractivity contribution in [2.75, 3.05) is 13.2 Å². The van der Waals surface area contributed by atoms with E-state index < -0.39 is 0 Å². The summed E-state index contributed by atoms with van der Waals surface area (Å²) in [6.45, 7) is 10.0. The SMILES string of the molecule is CC.CC1=C2CC3(CC2=C(C)CC1)OCCO3. The number of ether oxygens (including phenoxy) is 2. The van der Waals surface area contributed by atoms with Crippen molar-refractivity contribution in [2.24, 2.45) is 0 Å². The van der Waals surface area contributed by atoms with Gasteiger partial charge in [0.05, 0.1) is 13.2 Å². The molecular weight excluding hydrogens is 212 g/mol. The van der Waals surface area contributed by atoms with Crippen molar-refractivity contribution < 1.29 is 9.47 Å². The molecule has 3 rings (SSSR count). The van der Waals surface area contributed by atoms with Crippen LogP contribution in [0.15, 0.2) is 22.3 Å². The Balaban J connectivity index is 0.000000514. The first-order chi connectivity index (χ1) is 8.20. The summed E-state index contributed by atoms with van der Waals surface area (Å²) in [5.41, 5.74) is 6.15. The number of allylic oxidation sites excluding steroid dienone is 2. The molecule has 0 aromatic carbocycles. The van der Waals surface area contributed by atoms with Gasteiger partial charge >= 0.3 is 0 Å². The molecule has 17 heavy (non-hydrogen) atoms. The first kappa shape index (κ1) is 12.8. The minimum absolute atomic E-state index is 0.280. The quantitative estimate of drug-likeness (QED) is 0.633. The molecule has 0 radical (unpaired) electrons. The lowest BCUT2D eigenvalue weighted by Gasteiger charge is -2.19. The van der Waals surface area contributed by atoms with Crippen molar-refractivity contribution in [3.05, 3.63) is 22.3 Å². The summed E-state index contributed by atoms with van der Waals surface area (Å²) in [6, 6.07) is 0. The average molecular weight is 236 g/mol. The van der Waals surface area contributed by atoms with E-state index in [1.165, 1.54) is 24.0 Å². The van der Waals surface area contributed by atoms with E-state index in [1.54, 1.807) is 11.1 Å². The smallest absolute Gasteiger partial charge is 0.176 e. The Labute approximate surface area is 105 Å². The Morgan fingerprint density at radius 3 is 1.65 bits per heavy atom. The van der Waals surface area contributed by atoms with E-state index in [-0.39, 0.29) is 5.79 Å². The third-order valence-corrected chi connectivity index (χ3v) is 3.98. The van der Waals surface area contributed by atoms with Gasteiger partial charge in [-0.1, -0.05) is 25.0 Å². The Kier molecular flexibility index (Phi) is 3.74. The van der Waals surface area contributed by atoms with Gasteiger partial charge in [-0.3, -0.25) is 0 Å². The fourth-order valence-corrected chi connectivity index (χ4v) is 3.01. The Hall–Kier alpha value is -0.600. The topological polar surface area (TPSA) is 18.5 Å². The van der Waals surface area contributed by atoms with Crippen LogP contribution in [-0.2, 0) is 9.47 Å². The zero-order chi connectivity index (χ0) is 12.5. The summed E-state index contributed by atoms with van der Waals surface area (Å²) in [6.07, 6.45) is 4.40. The van der Waals surface area contributed by atoms with Crippen molar-refractivity contribution in [2.45, 2.75) is 59.2 Å². The minimum Gasteiger partial charge on any atom is -0.347 e. The molecule has 2 heteroatoms. The average Bonchev–Trinajstić information content (AvgIpc) is 2.96. The van der Waals surface area contributed by atoms with Gasteiger partial charge in [-0.25, -0.2) is 0 Å². The molecule has 1 saturated heterocycles. The Morgan fingerprint density at radius 2 is 1.24 bits per heavy atom. The van der Waals surface area contributed by atoms with Gasteiger partial charge in [-0.05, 0) is 37.8 Å². The van der Waals surface area contributed by atoms with Gasteiger partial charge in [0.1, 0.15) is 0 Å². The maximum absolute atomic E-state index is 5.80. The first-order valence-electron chi connectivity index (χ1n) is 6.86. The Morgan fingerprint density at radius 1 is 0.824 bits per heavy atom. The molecule has 1 saturated carbocycles. The highest BCUT2D eigenvalue weighted by Gasteiger charge is 2.45. The molecule has 1 spiro atoms. The fourth-order valence-electron chi connectivity index (χ4n) is 3.01. The van der Waals surface area contributed by atoms with Crippen LogP contribution in [0.25, 0.3) is 0 Å². The van der Waals surface area contributed by atoms with Gasteiger partial charge in [0.2, 0.25) is 0 Å². The van der Waals surface area contributed by atoms with Crippen molar-refractivity contribution in [3.63, 3.8) is 0 Å². The predicted molar refractivity (Wildman–Crippen MR) is 69.9 cm³/mol. The van der Waals surface area contributed by atoms with Gasteiger partial charge in [-0.2, -0.15) is 0 Å². The number of hydrogen-bond donors (Lipinski definition) is 0. The minimum atomic E-state index is -0.280. The van der Waals surface area contributed by atoms with E-state index in [9.17, 15) is 0 Å². The van der Waals surface area contributed by atoms with Crippen molar-refractivity contribution in [3.8, 4) is 0 Å². The maximum atomic E-state index is 5.80. The zero-order valence-corrected chi connectivity index (χ0v) is 11.6. The summed E-state index contributed by atoms with van der Waals surface area (Å²) in [7, 11) is 0. The molecule has 0 atom stereocenters. The van der Waals surface area contributed by atoms with Crippen LogP contribution in [0.4, 0.5) is 0 Å². The standard InChI is InChI=1S/C13H18O2.C2H6/c1-9-3-4-10(2)12-8-13(7-11(9)12)14-5-6-15-13;1-2/h3-8H2,1-2H3;1-2H3. The molecule has 2 nitrogen and oxygen atoms in total. The summed E-state index contributed by atoms with van der Waals surface area (Å²) >= 11 is 0. The molecule has 0 N–H and O–H groups in total. The first-order valence-corrected chi connectivity index (χ1v) is 6.86. The second-order valence-corrected chi connectivity index (χ2v) is 4.98. The lowest BCUT2D eigenvalue weighted by Crippen LogP contribution is -2.25. The van der Waals surface area contributed by atoms with Gasteiger partial charge in [-0.15, -0.1) is 0 Å². The number of fused-ring (bicyclic) bond motifs is 1. The zero-order valence-electron chi connectivity index (χ0n) is 11.6. The number of rotatable bonds is 0. The largest absolute Gasteiger partial charge is 0.347 e. The molecular formula is C15H24O2. The van der Waals surface area contributed by atoms with Crippen LogP contribution in [0.2, 0.25) is 0 Å². The van der Waals surface area contributed by atoms with E-state index in [0.717, 1.165) is 26.1 Å². The summed E-state index contributed by atoms with van der Waals surface area (Å²) < 4.78 is 11.6. The highest BCUT2D eigenvalue weighted by atomic mass is 16.7. The van der Waals surface area contributed by atoms with Gasteiger partial charge in [0.15, 0.2) is 5.79 Å². The molecule has 1 aliphatic heterocycles. The molecule has 0 bridgehead atoms. The molecule has 96 valence electrons. The lowest BCUT2D eigenvalue weighted by molar-refractivity contribution is -0.145. The normalized spacial score (nSPS) is 26.1. The summed E-state index contributed by atoms with van der Waals surface area (Å²) in [5, 5.41) is 0. The van der Waals surface area contributed by atoms with Crippen LogP contribution in [0.5, 0.6) is 0 Å².